The first-order valence-corrected chi connectivity index (χ1v) is 5.94. The fourth-order valence-corrected chi connectivity index (χ4v) is 2.23. The van der Waals surface area contributed by atoms with E-state index in [0.717, 1.165) is 19.3 Å². The molecule has 1 saturated carbocycles. The highest BCUT2D eigenvalue weighted by Crippen LogP contribution is 2.29. The first-order chi connectivity index (χ1) is 8.39. The molecule has 0 saturated heterocycles. The lowest BCUT2D eigenvalue weighted by molar-refractivity contribution is -0.169. The minimum Gasteiger partial charge on any atom is -0.396 e. The average Bonchev–Trinajstić information content (AvgIpc) is 2.35. The van der Waals surface area contributed by atoms with Crippen LogP contribution in [0.25, 0.3) is 0 Å². The van der Waals surface area contributed by atoms with Gasteiger partial charge < -0.3 is 10.4 Å². The predicted molar refractivity (Wildman–Crippen MR) is 56.5 cm³/mol. The van der Waals surface area contributed by atoms with E-state index in [9.17, 15) is 22.4 Å². The maximum Gasteiger partial charge on any atom is 0.383 e. The van der Waals surface area contributed by atoms with Crippen molar-refractivity contribution < 1.29 is 27.5 Å². The molecule has 0 radical (unpaired) electrons. The first kappa shape index (κ1) is 15.2. The second-order valence-electron chi connectivity index (χ2n) is 4.62. The Morgan fingerprint density at radius 2 is 1.83 bits per heavy atom. The Hall–Kier alpha value is -0.850. The van der Waals surface area contributed by atoms with Crippen molar-refractivity contribution in [3.63, 3.8) is 0 Å². The first-order valence-electron chi connectivity index (χ1n) is 5.94. The van der Waals surface area contributed by atoms with E-state index in [1.807, 2.05) is 5.32 Å². The van der Waals surface area contributed by atoms with Gasteiger partial charge in [-0.15, -0.1) is 0 Å². The van der Waals surface area contributed by atoms with Gasteiger partial charge in [-0.2, -0.15) is 8.78 Å². The zero-order valence-electron chi connectivity index (χ0n) is 9.84. The summed E-state index contributed by atoms with van der Waals surface area (Å²) in [7, 11) is 0. The summed E-state index contributed by atoms with van der Waals surface area (Å²) < 4.78 is 49.2. The number of halogens is 4. The molecule has 1 aliphatic rings. The van der Waals surface area contributed by atoms with Gasteiger partial charge in [-0.25, -0.2) is 8.78 Å². The van der Waals surface area contributed by atoms with Gasteiger partial charge in [0.2, 0.25) is 0 Å². The number of rotatable bonds is 5. The Morgan fingerprint density at radius 1 is 1.28 bits per heavy atom. The number of aliphatic hydroxyl groups is 1. The highest BCUT2D eigenvalue weighted by Gasteiger charge is 2.48. The van der Waals surface area contributed by atoms with Crippen molar-refractivity contribution in [1.29, 1.82) is 0 Å². The summed E-state index contributed by atoms with van der Waals surface area (Å²) in [6.07, 6.45) is -0.698. The Labute approximate surface area is 103 Å². The molecule has 2 unspecified atom stereocenters. The molecule has 106 valence electrons. The Balaban J connectivity index is 2.46. The van der Waals surface area contributed by atoms with Crippen molar-refractivity contribution in [2.45, 2.75) is 38.0 Å². The van der Waals surface area contributed by atoms with Crippen LogP contribution in [0, 0.1) is 11.8 Å². The van der Waals surface area contributed by atoms with Gasteiger partial charge in [-0.3, -0.25) is 4.79 Å². The van der Waals surface area contributed by atoms with Crippen molar-refractivity contribution in [2.24, 2.45) is 11.8 Å². The fourth-order valence-electron chi connectivity index (χ4n) is 2.23. The number of carbonyl (C=O) groups excluding carboxylic acids is 1. The minimum atomic E-state index is -4.65. The largest absolute Gasteiger partial charge is 0.396 e. The van der Waals surface area contributed by atoms with E-state index >= 15 is 0 Å². The Bertz CT molecular complexity index is 286. The third kappa shape index (κ3) is 3.57. The molecule has 0 heterocycles. The van der Waals surface area contributed by atoms with Gasteiger partial charge in [0.25, 0.3) is 5.91 Å². The minimum absolute atomic E-state index is 0.0563. The third-order valence-electron chi connectivity index (χ3n) is 3.40. The van der Waals surface area contributed by atoms with Crippen LogP contribution in [0.5, 0.6) is 0 Å². The van der Waals surface area contributed by atoms with Crippen LogP contribution in [0.4, 0.5) is 17.6 Å². The summed E-state index contributed by atoms with van der Waals surface area (Å²) in [4.78, 5) is 10.9. The monoisotopic (exact) mass is 271 g/mol. The SMILES string of the molecule is O=C(NCC1CCCCC1CO)C(F)(F)C(F)F. The molecule has 0 aromatic rings. The summed E-state index contributed by atoms with van der Waals surface area (Å²) in [5.41, 5.74) is 0. The molecule has 18 heavy (non-hydrogen) atoms. The van der Waals surface area contributed by atoms with Gasteiger partial charge in [0.15, 0.2) is 0 Å². The van der Waals surface area contributed by atoms with Gasteiger partial charge in [0, 0.05) is 13.2 Å². The molecule has 0 bridgehead atoms. The molecular formula is C11H17F4NO2. The predicted octanol–water partition coefficient (Wildman–Crippen LogP) is 1.80. The van der Waals surface area contributed by atoms with Gasteiger partial charge in [0.1, 0.15) is 0 Å². The summed E-state index contributed by atoms with van der Waals surface area (Å²) in [6, 6.07) is 0. The fraction of sp³-hybridized carbons (Fsp3) is 0.909. The summed E-state index contributed by atoms with van der Waals surface area (Å²) in [6.45, 7) is -0.169. The number of alkyl halides is 4. The molecule has 2 atom stereocenters. The van der Waals surface area contributed by atoms with E-state index in [-0.39, 0.29) is 25.0 Å². The van der Waals surface area contributed by atoms with E-state index < -0.39 is 18.3 Å². The maximum atomic E-state index is 12.7. The van der Waals surface area contributed by atoms with E-state index in [0.29, 0.717) is 6.42 Å². The molecule has 1 aliphatic carbocycles. The molecular weight excluding hydrogens is 254 g/mol. The number of amides is 1. The van der Waals surface area contributed by atoms with Crippen LogP contribution in [-0.2, 0) is 4.79 Å². The highest BCUT2D eigenvalue weighted by atomic mass is 19.3. The third-order valence-corrected chi connectivity index (χ3v) is 3.40. The normalized spacial score (nSPS) is 25.2. The highest BCUT2D eigenvalue weighted by molar-refractivity contribution is 5.83. The van der Waals surface area contributed by atoms with Crippen LogP contribution in [0.15, 0.2) is 0 Å². The smallest absolute Gasteiger partial charge is 0.383 e. The van der Waals surface area contributed by atoms with Crippen molar-refractivity contribution in [1.82, 2.24) is 5.32 Å². The molecule has 2 N–H and O–H groups in total. The van der Waals surface area contributed by atoms with Crippen LogP contribution in [0.2, 0.25) is 0 Å². The lowest BCUT2D eigenvalue weighted by atomic mass is 9.79. The number of nitrogens with one attached hydrogen (secondary N) is 1. The van der Waals surface area contributed by atoms with Crippen LogP contribution in [0.3, 0.4) is 0 Å². The van der Waals surface area contributed by atoms with Crippen LogP contribution in [-0.4, -0.2) is 36.5 Å². The standard InChI is InChI=1S/C11H17F4NO2/c12-9(13)11(14,15)10(18)16-5-7-3-1-2-4-8(7)6-17/h7-9,17H,1-6H2,(H,16,18). The average molecular weight is 271 g/mol. The molecule has 1 amide bonds. The summed E-state index contributed by atoms with van der Waals surface area (Å²) in [5, 5.41) is 11.0. The topological polar surface area (TPSA) is 49.3 Å². The van der Waals surface area contributed by atoms with Crippen molar-refractivity contribution in [3.8, 4) is 0 Å². The molecule has 0 aromatic heterocycles. The quantitative estimate of drug-likeness (QED) is 0.749. The molecule has 0 spiro atoms. The molecule has 0 aliphatic heterocycles. The molecule has 1 fully saturated rings. The van der Waals surface area contributed by atoms with E-state index in [2.05, 4.69) is 0 Å². The number of carbonyl (C=O) groups is 1. The van der Waals surface area contributed by atoms with E-state index in [1.165, 1.54) is 0 Å². The lowest BCUT2D eigenvalue weighted by Crippen LogP contribution is -2.47. The molecule has 3 nitrogen and oxygen atoms in total. The summed E-state index contributed by atoms with van der Waals surface area (Å²) in [5.74, 6) is -6.77. The Morgan fingerprint density at radius 3 is 2.33 bits per heavy atom. The molecule has 0 aromatic carbocycles. The van der Waals surface area contributed by atoms with Crippen LogP contribution >= 0.6 is 0 Å². The van der Waals surface area contributed by atoms with Gasteiger partial charge in [-0.05, 0) is 24.7 Å². The van der Waals surface area contributed by atoms with Crippen molar-refractivity contribution in [2.75, 3.05) is 13.2 Å². The number of hydrogen-bond acceptors (Lipinski definition) is 2. The van der Waals surface area contributed by atoms with Crippen molar-refractivity contribution >= 4 is 5.91 Å². The van der Waals surface area contributed by atoms with E-state index in [1.54, 1.807) is 0 Å². The summed E-state index contributed by atoms with van der Waals surface area (Å²) >= 11 is 0. The zero-order valence-corrected chi connectivity index (χ0v) is 9.84. The molecule has 1 rings (SSSR count). The van der Waals surface area contributed by atoms with Gasteiger partial charge in [-0.1, -0.05) is 12.8 Å². The number of hydrogen-bond donors (Lipinski definition) is 2. The van der Waals surface area contributed by atoms with Crippen LogP contribution < -0.4 is 5.32 Å². The Kier molecular flexibility index (Phi) is 5.37. The van der Waals surface area contributed by atoms with Gasteiger partial charge >= 0.3 is 12.3 Å². The number of aliphatic hydroxyl groups excluding tert-OH is 1. The van der Waals surface area contributed by atoms with Gasteiger partial charge in [0.05, 0.1) is 0 Å². The second kappa shape index (κ2) is 6.36. The van der Waals surface area contributed by atoms with E-state index in [4.69, 9.17) is 5.11 Å². The lowest BCUT2D eigenvalue weighted by Gasteiger charge is -2.30. The van der Waals surface area contributed by atoms with Crippen molar-refractivity contribution in [3.05, 3.63) is 0 Å². The zero-order chi connectivity index (χ0) is 13.8. The van der Waals surface area contributed by atoms with Crippen LogP contribution in [0.1, 0.15) is 25.7 Å². The maximum absolute atomic E-state index is 12.7. The second-order valence-corrected chi connectivity index (χ2v) is 4.62. The molecule has 7 heteroatoms.